The minimum Gasteiger partial charge on any atom is -0.493 e. The van der Waals surface area contributed by atoms with Crippen LogP contribution in [0.3, 0.4) is 0 Å². The number of hydrogen-bond donors (Lipinski definition) is 1. The van der Waals surface area contributed by atoms with Gasteiger partial charge in [0.15, 0.2) is 11.5 Å². The van der Waals surface area contributed by atoms with Crippen molar-refractivity contribution < 1.29 is 9.47 Å². The van der Waals surface area contributed by atoms with Crippen LogP contribution in [0, 0.1) is 0 Å². The summed E-state index contributed by atoms with van der Waals surface area (Å²) in [7, 11) is 1.65. The molecule has 0 unspecified atom stereocenters. The van der Waals surface area contributed by atoms with Crippen molar-refractivity contribution in [2.24, 2.45) is 5.73 Å². The van der Waals surface area contributed by atoms with Crippen molar-refractivity contribution >= 4 is 11.6 Å². The van der Waals surface area contributed by atoms with Crippen LogP contribution in [-0.4, -0.2) is 13.2 Å². The van der Waals surface area contributed by atoms with Gasteiger partial charge in [0, 0.05) is 16.6 Å². The van der Waals surface area contributed by atoms with Gasteiger partial charge < -0.3 is 15.2 Å². The maximum atomic E-state index is 6.64. The lowest BCUT2D eigenvalue weighted by molar-refractivity contribution is 0.115. The van der Waals surface area contributed by atoms with E-state index in [2.05, 4.69) is 0 Å². The number of nitrogens with two attached hydrogens (primary N) is 1. The standard InChI is InChI=1S/C17H24ClNO2/c1-20-15-11-14(18)13(17(19)8-3-2-4-9-17)10-16(15)21-12-6-5-7-12/h10-12H,2-9,19H2,1H3. The van der Waals surface area contributed by atoms with Crippen LogP contribution in [-0.2, 0) is 5.54 Å². The summed E-state index contributed by atoms with van der Waals surface area (Å²) in [5.74, 6) is 1.49. The van der Waals surface area contributed by atoms with Gasteiger partial charge in [-0.2, -0.15) is 0 Å². The molecule has 0 spiro atoms. The molecule has 0 aromatic heterocycles. The molecular formula is C17H24ClNO2. The van der Waals surface area contributed by atoms with Gasteiger partial charge in [-0.3, -0.25) is 0 Å². The van der Waals surface area contributed by atoms with Crippen LogP contribution in [0.4, 0.5) is 0 Å². The minimum absolute atomic E-state index is 0.313. The highest BCUT2D eigenvalue weighted by Gasteiger charge is 2.33. The zero-order valence-corrected chi connectivity index (χ0v) is 13.4. The van der Waals surface area contributed by atoms with Crippen LogP contribution < -0.4 is 15.2 Å². The van der Waals surface area contributed by atoms with Crippen molar-refractivity contribution in [3.63, 3.8) is 0 Å². The molecule has 116 valence electrons. The summed E-state index contributed by atoms with van der Waals surface area (Å²) in [4.78, 5) is 0. The van der Waals surface area contributed by atoms with Crippen LogP contribution in [0.1, 0.15) is 56.9 Å². The maximum Gasteiger partial charge on any atom is 0.162 e. The summed E-state index contributed by atoms with van der Waals surface area (Å²) in [6.07, 6.45) is 9.36. The Balaban J connectivity index is 1.93. The van der Waals surface area contributed by atoms with Crippen molar-refractivity contribution in [1.29, 1.82) is 0 Å². The fraction of sp³-hybridized carbons (Fsp3) is 0.647. The molecule has 0 radical (unpaired) electrons. The zero-order chi connectivity index (χ0) is 14.9. The van der Waals surface area contributed by atoms with E-state index < -0.39 is 0 Å². The SMILES string of the molecule is COc1cc(Cl)c(C2(N)CCCCC2)cc1OC1CCC1. The van der Waals surface area contributed by atoms with Crippen molar-refractivity contribution in [1.82, 2.24) is 0 Å². The van der Waals surface area contributed by atoms with Gasteiger partial charge in [-0.05, 0) is 43.7 Å². The van der Waals surface area contributed by atoms with Gasteiger partial charge in [0.05, 0.1) is 13.2 Å². The molecule has 2 fully saturated rings. The molecular weight excluding hydrogens is 286 g/mol. The van der Waals surface area contributed by atoms with Crippen LogP contribution in [0.2, 0.25) is 5.02 Å². The van der Waals surface area contributed by atoms with E-state index in [0.717, 1.165) is 49.8 Å². The highest BCUT2D eigenvalue weighted by molar-refractivity contribution is 6.31. The van der Waals surface area contributed by atoms with Crippen molar-refractivity contribution in [3.05, 3.63) is 22.7 Å². The van der Waals surface area contributed by atoms with Crippen LogP contribution >= 0.6 is 11.6 Å². The smallest absolute Gasteiger partial charge is 0.162 e. The molecule has 0 bridgehead atoms. The highest BCUT2D eigenvalue weighted by atomic mass is 35.5. The minimum atomic E-state index is -0.320. The second-order valence-electron chi connectivity index (χ2n) is 6.37. The quantitative estimate of drug-likeness (QED) is 0.896. The maximum absolute atomic E-state index is 6.64. The molecule has 0 saturated heterocycles. The first-order chi connectivity index (χ1) is 10.1. The van der Waals surface area contributed by atoms with Gasteiger partial charge in [-0.15, -0.1) is 0 Å². The molecule has 4 heteroatoms. The van der Waals surface area contributed by atoms with Crippen LogP contribution in [0.25, 0.3) is 0 Å². The van der Waals surface area contributed by atoms with E-state index in [4.69, 9.17) is 26.8 Å². The topological polar surface area (TPSA) is 44.5 Å². The summed E-state index contributed by atoms with van der Waals surface area (Å²) < 4.78 is 11.5. The normalized spacial score (nSPS) is 21.7. The van der Waals surface area contributed by atoms with E-state index in [0.29, 0.717) is 16.9 Å². The second-order valence-corrected chi connectivity index (χ2v) is 6.78. The van der Waals surface area contributed by atoms with E-state index >= 15 is 0 Å². The zero-order valence-electron chi connectivity index (χ0n) is 12.7. The molecule has 2 saturated carbocycles. The van der Waals surface area contributed by atoms with Crippen molar-refractivity contribution in [2.45, 2.75) is 63.0 Å². The average molecular weight is 310 g/mol. The highest BCUT2D eigenvalue weighted by Crippen LogP contribution is 2.43. The summed E-state index contributed by atoms with van der Waals surface area (Å²) in [6.45, 7) is 0. The largest absolute Gasteiger partial charge is 0.493 e. The summed E-state index contributed by atoms with van der Waals surface area (Å²) in [5.41, 5.74) is 7.33. The van der Waals surface area contributed by atoms with E-state index in [1.54, 1.807) is 7.11 Å². The number of hydrogen-bond acceptors (Lipinski definition) is 3. The van der Waals surface area contributed by atoms with Crippen LogP contribution in [0.5, 0.6) is 11.5 Å². The molecule has 0 heterocycles. The predicted molar refractivity (Wildman–Crippen MR) is 85.2 cm³/mol. The molecule has 2 aliphatic carbocycles. The summed E-state index contributed by atoms with van der Waals surface area (Å²) in [6, 6.07) is 3.87. The Bertz CT molecular complexity index is 508. The molecule has 3 rings (SSSR count). The molecule has 2 N–H and O–H groups in total. The Morgan fingerprint density at radius 3 is 2.38 bits per heavy atom. The number of halogens is 1. The molecule has 1 aromatic rings. The first kappa shape index (κ1) is 15.0. The number of benzene rings is 1. The van der Waals surface area contributed by atoms with Gasteiger partial charge in [0.2, 0.25) is 0 Å². The van der Waals surface area contributed by atoms with Gasteiger partial charge in [0.1, 0.15) is 0 Å². The van der Waals surface area contributed by atoms with E-state index in [-0.39, 0.29) is 5.54 Å². The molecule has 21 heavy (non-hydrogen) atoms. The second kappa shape index (κ2) is 6.05. The van der Waals surface area contributed by atoms with E-state index in [9.17, 15) is 0 Å². The summed E-state index contributed by atoms with van der Waals surface area (Å²) in [5, 5.41) is 0.692. The molecule has 2 aliphatic rings. The molecule has 0 amide bonds. The van der Waals surface area contributed by atoms with Crippen molar-refractivity contribution in [2.75, 3.05) is 7.11 Å². The Kier molecular flexibility index (Phi) is 4.32. The third-order valence-electron chi connectivity index (χ3n) is 4.88. The van der Waals surface area contributed by atoms with E-state index in [1.807, 2.05) is 12.1 Å². The number of rotatable bonds is 4. The van der Waals surface area contributed by atoms with Crippen LogP contribution in [0.15, 0.2) is 12.1 Å². The van der Waals surface area contributed by atoms with E-state index in [1.165, 1.54) is 12.8 Å². The lowest BCUT2D eigenvalue weighted by Crippen LogP contribution is -2.39. The lowest BCUT2D eigenvalue weighted by atomic mass is 9.77. The average Bonchev–Trinajstić information content (AvgIpc) is 2.44. The molecule has 0 aliphatic heterocycles. The third kappa shape index (κ3) is 3.00. The Morgan fingerprint density at radius 2 is 1.81 bits per heavy atom. The van der Waals surface area contributed by atoms with Gasteiger partial charge >= 0.3 is 0 Å². The fourth-order valence-electron chi connectivity index (χ4n) is 3.29. The Hall–Kier alpha value is -0.930. The third-order valence-corrected chi connectivity index (χ3v) is 5.19. The predicted octanol–water partition coefficient (Wildman–Crippen LogP) is 4.40. The first-order valence-corrected chi connectivity index (χ1v) is 8.34. The van der Waals surface area contributed by atoms with Gasteiger partial charge in [-0.25, -0.2) is 0 Å². The Labute approximate surface area is 131 Å². The monoisotopic (exact) mass is 309 g/mol. The first-order valence-electron chi connectivity index (χ1n) is 7.96. The molecule has 1 aromatic carbocycles. The Morgan fingerprint density at radius 1 is 1.10 bits per heavy atom. The molecule has 3 nitrogen and oxygen atoms in total. The lowest BCUT2D eigenvalue weighted by Gasteiger charge is -2.35. The fourth-order valence-corrected chi connectivity index (χ4v) is 3.63. The summed E-state index contributed by atoms with van der Waals surface area (Å²) >= 11 is 6.47. The van der Waals surface area contributed by atoms with Crippen molar-refractivity contribution in [3.8, 4) is 11.5 Å². The van der Waals surface area contributed by atoms with Gasteiger partial charge in [0.25, 0.3) is 0 Å². The number of methoxy groups -OCH3 is 1. The molecule has 0 atom stereocenters. The van der Waals surface area contributed by atoms with Gasteiger partial charge in [-0.1, -0.05) is 30.9 Å². The number of ether oxygens (including phenoxy) is 2.